The van der Waals surface area contributed by atoms with Crippen molar-refractivity contribution in [2.75, 3.05) is 5.01 Å². The smallest absolute Gasteiger partial charge is 0.305 e. The Hall–Kier alpha value is -4.47. The van der Waals surface area contributed by atoms with Gasteiger partial charge in [0.15, 0.2) is 0 Å². The summed E-state index contributed by atoms with van der Waals surface area (Å²) in [4.78, 5) is 3.12. The van der Waals surface area contributed by atoms with Crippen LogP contribution in [0.25, 0.3) is 16.6 Å². The van der Waals surface area contributed by atoms with Crippen LogP contribution in [0.4, 0.5) is 11.4 Å². The number of fused-ring (bicyclic) bond motifs is 19. The molecule has 0 unspecified atom stereocenters. The van der Waals surface area contributed by atoms with Crippen LogP contribution in [0, 0.1) is 0 Å². The van der Waals surface area contributed by atoms with Gasteiger partial charge >= 0.3 is 13.7 Å². The Morgan fingerprint density at radius 2 is 1.10 bits per heavy atom. The molecule has 312 valence electrons. The van der Waals surface area contributed by atoms with Crippen LogP contribution < -0.4 is 26.9 Å². The summed E-state index contributed by atoms with van der Waals surface area (Å²) >= 11 is 0. The number of hydrogen-bond acceptors (Lipinski definition) is 2. The maximum Gasteiger partial charge on any atom is 0.305 e. The highest BCUT2D eigenvalue weighted by molar-refractivity contribution is 7.02. The third-order valence-electron chi connectivity index (χ3n) is 20.0. The molecule has 0 N–H and O–H groups in total. The van der Waals surface area contributed by atoms with E-state index in [1.807, 2.05) is 0 Å². The van der Waals surface area contributed by atoms with Crippen LogP contribution in [0.15, 0.2) is 84.9 Å². The van der Waals surface area contributed by atoms with Gasteiger partial charge in [-0.15, -0.1) is 0 Å². The monoisotopic (exact) mass is 819 g/mol. The number of para-hydroxylation sites is 2. The molecule has 2 spiro atoms. The second-order valence-electron chi connectivity index (χ2n) is 23.6. The second kappa shape index (κ2) is 11.9. The van der Waals surface area contributed by atoms with Crippen molar-refractivity contribution in [3.05, 3.63) is 135 Å². The molecule has 0 saturated heterocycles. The zero-order valence-electron chi connectivity index (χ0n) is 37.7. The molecule has 4 fully saturated rings. The van der Waals surface area contributed by atoms with Crippen molar-refractivity contribution in [2.24, 2.45) is 0 Å². The van der Waals surface area contributed by atoms with Gasteiger partial charge in [-0.1, -0.05) is 119 Å². The molecule has 12 aliphatic rings. The van der Waals surface area contributed by atoms with Gasteiger partial charge in [0, 0.05) is 22.2 Å². The molecular weight excluding hydrogens is 760 g/mol. The molecule has 5 heterocycles. The summed E-state index contributed by atoms with van der Waals surface area (Å²) in [7, 11) is 0. The summed E-state index contributed by atoms with van der Waals surface area (Å²) in [6, 6.07) is 35.0. The van der Waals surface area contributed by atoms with E-state index < -0.39 is 0 Å². The van der Waals surface area contributed by atoms with Crippen LogP contribution in [-0.2, 0) is 16.2 Å². The average molecular weight is 820 g/mol. The molecule has 63 heavy (non-hydrogen) atoms. The molecule has 0 amide bonds. The molecule has 5 heteroatoms. The summed E-state index contributed by atoms with van der Waals surface area (Å²) in [5.74, 6) is 2.75. The minimum absolute atomic E-state index is 0.000533. The van der Waals surface area contributed by atoms with E-state index in [1.54, 1.807) is 77.9 Å². The summed E-state index contributed by atoms with van der Waals surface area (Å²) in [5, 5.41) is 4.57. The quantitative estimate of drug-likeness (QED) is 0.153. The number of hydrazine groups is 1. The Labute approximate surface area is 374 Å². The van der Waals surface area contributed by atoms with Crippen LogP contribution in [0.1, 0.15) is 197 Å². The van der Waals surface area contributed by atoms with E-state index in [4.69, 9.17) is 0 Å². The van der Waals surface area contributed by atoms with Gasteiger partial charge < -0.3 is 4.57 Å². The molecule has 0 atom stereocenters. The molecule has 0 radical (unpaired) electrons. The first-order chi connectivity index (χ1) is 30.9. The normalized spacial score (nSPS) is 26.7. The van der Waals surface area contributed by atoms with E-state index in [0.29, 0.717) is 23.7 Å². The summed E-state index contributed by atoms with van der Waals surface area (Å²) in [5.41, 5.74) is 28.4. The molecule has 8 aliphatic carbocycles. The molecule has 1 aromatic heterocycles. The van der Waals surface area contributed by atoms with Crippen molar-refractivity contribution < 1.29 is 0 Å². The Balaban J connectivity index is 1.09. The first kappa shape index (κ1) is 35.8. The van der Waals surface area contributed by atoms with Crippen molar-refractivity contribution in [1.29, 1.82) is 0 Å². The number of hydrogen-bond donors (Lipinski definition) is 0. The van der Waals surface area contributed by atoms with Gasteiger partial charge in [0.05, 0.1) is 16.9 Å². The Morgan fingerprint density at radius 1 is 0.540 bits per heavy atom. The van der Waals surface area contributed by atoms with Gasteiger partial charge in [-0.25, -0.2) is 0 Å². The van der Waals surface area contributed by atoms with E-state index in [2.05, 4.69) is 120 Å². The average Bonchev–Trinajstić information content (AvgIpc) is 4.17. The molecular formula is C58H59B2N3. The van der Waals surface area contributed by atoms with Crippen molar-refractivity contribution >= 4 is 57.8 Å². The fourth-order valence-corrected chi connectivity index (χ4v) is 17.5. The Morgan fingerprint density at radius 3 is 1.73 bits per heavy atom. The van der Waals surface area contributed by atoms with Crippen molar-refractivity contribution in [1.82, 2.24) is 9.40 Å². The van der Waals surface area contributed by atoms with Gasteiger partial charge in [-0.05, 0) is 191 Å². The van der Waals surface area contributed by atoms with E-state index in [9.17, 15) is 0 Å². The number of anilines is 2. The van der Waals surface area contributed by atoms with E-state index in [-0.39, 0.29) is 29.9 Å². The number of rotatable bonds is 1. The molecule has 6 aromatic rings. The predicted octanol–water partition coefficient (Wildman–Crippen LogP) is 11.4. The highest BCUT2D eigenvalue weighted by atomic mass is 15.6. The highest BCUT2D eigenvalue weighted by Crippen LogP contribution is 2.63. The zero-order valence-corrected chi connectivity index (χ0v) is 37.7. The lowest BCUT2D eigenvalue weighted by atomic mass is 9.33. The van der Waals surface area contributed by atoms with Crippen molar-refractivity contribution in [2.45, 2.75) is 163 Å². The standard InChI is InChI=1S/C58H59B2N3/c1-56(2,3)38-25-26-46-43(31-38)57(27-9-10-28-57)44-32-41-34-17-21-36(22-18-34)48(41)53-51(44)59(46)63-60-50-40-15-7-8-16-47(40)61(39-13-5-4-6-14-39)55(50)58(29-11-12-30-58)45-33-42-35-19-23-37(24-20-35)49(42)54(52(45)60)62(53)63/h4-8,13-16,25-26,31-37H,9-12,17-24,27-30H2,1-3H3. The maximum atomic E-state index is 3.12. The topological polar surface area (TPSA) is 11.4 Å². The number of aromatic nitrogens is 1. The lowest BCUT2D eigenvalue weighted by molar-refractivity contribution is 0.356. The van der Waals surface area contributed by atoms with Crippen LogP contribution in [0.2, 0.25) is 0 Å². The SMILES string of the molecule is CC(C)(C)c1ccc2c(c1)C1(CCCC1)c1cc3c(c4c1B2N1B2c5c(cc6c(c5N41)C1CCC6CC1)C1(CCCC1)c1c2c2ccccc2n1-c1ccccc1)C1CCC3CC1. The number of benzene rings is 5. The zero-order chi connectivity index (χ0) is 41.3. The van der Waals surface area contributed by atoms with E-state index in [0.717, 1.165) is 0 Å². The van der Waals surface area contributed by atoms with Gasteiger partial charge in [0.2, 0.25) is 0 Å². The van der Waals surface area contributed by atoms with Gasteiger partial charge in [-0.3, -0.25) is 9.84 Å². The molecule has 3 nitrogen and oxygen atoms in total. The van der Waals surface area contributed by atoms with E-state index in [1.165, 1.54) is 125 Å². The molecule has 18 rings (SSSR count). The summed E-state index contributed by atoms with van der Waals surface area (Å²) in [6.45, 7) is 7.68. The molecule has 5 aromatic carbocycles. The van der Waals surface area contributed by atoms with Crippen LogP contribution >= 0.6 is 0 Å². The summed E-state index contributed by atoms with van der Waals surface area (Å²) in [6.07, 6.45) is 21.4. The first-order valence-electron chi connectivity index (χ1n) is 25.7. The lowest BCUT2D eigenvalue weighted by Gasteiger charge is -2.46. The fraction of sp³-hybridized carbons (Fsp3) is 0.448. The Bertz CT molecular complexity index is 3010. The second-order valence-corrected chi connectivity index (χ2v) is 23.6. The van der Waals surface area contributed by atoms with Gasteiger partial charge in [0.1, 0.15) is 0 Å². The number of nitrogens with zero attached hydrogens (tertiary/aromatic N) is 3. The van der Waals surface area contributed by atoms with E-state index >= 15 is 0 Å². The van der Waals surface area contributed by atoms with Crippen molar-refractivity contribution in [3.8, 4) is 5.69 Å². The van der Waals surface area contributed by atoms with Gasteiger partial charge in [-0.2, -0.15) is 0 Å². The van der Waals surface area contributed by atoms with Gasteiger partial charge in [0.25, 0.3) is 0 Å². The predicted molar refractivity (Wildman–Crippen MR) is 262 cm³/mol. The largest absolute Gasteiger partial charge is 0.313 e. The van der Waals surface area contributed by atoms with Crippen molar-refractivity contribution in [3.63, 3.8) is 0 Å². The van der Waals surface area contributed by atoms with Crippen LogP contribution in [-0.4, -0.2) is 23.1 Å². The minimum atomic E-state index is 0.000533. The Kier molecular flexibility index (Phi) is 6.74. The molecule has 4 bridgehead atoms. The summed E-state index contributed by atoms with van der Waals surface area (Å²) < 4.78 is 2.79. The highest BCUT2D eigenvalue weighted by Gasteiger charge is 2.66. The first-order valence-corrected chi connectivity index (χ1v) is 25.7. The van der Waals surface area contributed by atoms with Crippen LogP contribution in [0.5, 0.6) is 0 Å². The fourth-order valence-electron chi connectivity index (χ4n) is 17.5. The third-order valence-corrected chi connectivity index (χ3v) is 20.0. The minimum Gasteiger partial charge on any atom is -0.313 e. The molecule has 4 aliphatic heterocycles. The maximum absolute atomic E-state index is 3.12. The lowest BCUT2D eigenvalue weighted by Crippen LogP contribution is -2.70. The third kappa shape index (κ3) is 4.12. The van der Waals surface area contributed by atoms with Crippen LogP contribution in [0.3, 0.4) is 0 Å². The molecule has 4 saturated carbocycles.